The summed E-state index contributed by atoms with van der Waals surface area (Å²) in [5.41, 5.74) is 0.332. The first-order valence-corrected chi connectivity index (χ1v) is 5.39. The zero-order chi connectivity index (χ0) is 12.4. The highest BCUT2D eigenvalue weighted by Gasteiger charge is 2.18. The fourth-order valence-corrected chi connectivity index (χ4v) is 1.88. The molecule has 2 aromatic rings. The van der Waals surface area contributed by atoms with Crippen molar-refractivity contribution < 1.29 is 15.3 Å². The van der Waals surface area contributed by atoms with E-state index in [0.29, 0.717) is 5.56 Å². The number of aromatic hydroxyl groups is 1. The molecular weight excluding hydrogens is 216 g/mol. The molecule has 0 saturated heterocycles. The molecule has 0 radical (unpaired) electrons. The molecule has 2 aromatic carbocycles. The number of aliphatic hydroxyl groups is 2. The van der Waals surface area contributed by atoms with Gasteiger partial charge >= 0.3 is 0 Å². The van der Waals surface area contributed by atoms with Crippen LogP contribution in [0.15, 0.2) is 48.2 Å². The quantitative estimate of drug-likeness (QED) is 0.695. The molecule has 0 aliphatic carbocycles. The lowest BCUT2D eigenvalue weighted by Crippen LogP contribution is -2.02. The van der Waals surface area contributed by atoms with Crippen LogP contribution in [0.4, 0.5) is 0 Å². The van der Waals surface area contributed by atoms with Crippen LogP contribution in [0.2, 0.25) is 0 Å². The van der Waals surface area contributed by atoms with E-state index in [2.05, 4.69) is 0 Å². The minimum absolute atomic E-state index is 0.0235. The molecule has 0 fully saturated rings. The fourth-order valence-electron chi connectivity index (χ4n) is 1.88. The molecule has 0 spiro atoms. The van der Waals surface area contributed by atoms with Gasteiger partial charge in [-0.25, -0.2) is 0 Å². The maximum atomic E-state index is 9.99. The van der Waals surface area contributed by atoms with Crippen LogP contribution in [0, 0.1) is 0 Å². The van der Waals surface area contributed by atoms with Crippen molar-refractivity contribution in [3.63, 3.8) is 0 Å². The van der Waals surface area contributed by atoms with E-state index < -0.39 is 6.10 Å². The molecule has 0 aliphatic heterocycles. The summed E-state index contributed by atoms with van der Waals surface area (Å²) in [5.74, 6) is -0.193. The average molecular weight is 230 g/mol. The first kappa shape index (κ1) is 11.5. The number of phenolic OH excluding ortho intramolecular Hbond substituents is 1. The lowest BCUT2D eigenvalue weighted by atomic mass is 9.98. The van der Waals surface area contributed by atoms with Crippen LogP contribution in [0.5, 0.6) is 5.75 Å². The van der Waals surface area contributed by atoms with Crippen LogP contribution in [-0.2, 0) is 0 Å². The van der Waals surface area contributed by atoms with E-state index in [1.807, 2.05) is 18.2 Å². The molecule has 0 aromatic heterocycles. The van der Waals surface area contributed by atoms with Gasteiger partial charge in [0.15, 0.2) is 0 Å². The van der Waals surface area contributed by atoms with Crippen LogP contribution in [-0.4, -0.2) is 15.3 Å². The van der Waals surface area contributed by atoms with Crippen LogP contribution in [0.1, 0.15) is 18.6 Å². The molecule has 0 amide bonds. The van der Waals surface area contributed by atoms with Crippen LogP contribution in [0.3, 0.4) is 0 Å². The molecule has 3 N–H and O–H groups in total. The number of hydrogen-bond acceptors (Lipinski definition) is 3. The lowest BCUT2D eigenvalue weighted by molar-refractivity contribution is 0.153. The third-order valence-electron chi connectivity index (χ3n) is 2.80. The van der Waals surface area contributed by atoms with Gasteiger partial charge in [0.25, 0.3) is 0 Å². The van der Waals surface area contributed by atoms with Gasteiger partial charge < -0.3 is 15.3 Å². The molecule has 0 bridgehead atoms. The number of aliphatic hydroxyl groups excluding tert-OH is 2. The van der Waals surface area contributed by atoms with Crippen molar-refractivity contribution in [1.29, 1.82) is 0 Å². The van der Waals surface area contributed by atoms with E-state index in [4.69, 9.17) is 0 Å². The number of rotatable bonds is 2. The average Bonchev–Trinajstić information content (AvgIpc) is 2.37. The van der Waals surface area contributed by atoms with E-state index in [1.54, 1.807) is 19.1 Å². The van der Waals surface area contributed by atoms with Crippen molar-refractivity contribution in [1.82, 2.24) is 0 Å². The Morgan fingerprint density at radius 2 is 1.88 bits per heavy atom. The molecule has 17 heavy (non-hydrogen) atoms. The summed E-state index contributed by atoms with van der Waals surface area (Å²) in [6.45, 7) is 1.63. The Morgan fingerprint density at radius 3 is 2.59 bits per heavy atom. The van der Waals surface area contributed by atoms with E-state index in [1.165, 1.54) is 12.1 Å². The molecular formula is C14H14O3. The van der Waals surface area contributed by atoms with Gasteiger partial charge in [-0.2, -0.15) is 0 Å². The molecule has 88 valence electrons. The van der Waals surface area contributed by atoms with E-state index in [9.17, 15) is 15.3 Å². The summed E-state index contributed by atoms with van der Waals surface area (Å²) in [4.78, 5) is 0. The number of fused-ring (bicyclic) bond motifs is 1. The smallest absolute Gasteiger partial charge is 0.140 e. The SMILES string of the molecule is CC=C(O)C(O)c1c(O)ccc2ccccc12. The Bertz CT molecular complexity index is 573. The summed E-state index contributed by atoms with van der Waals surface area (Å²) in [6.07, 6.45) is 0.206. The predicted octanol–water partition coefficient (Wildman–Crippen LogP) is 3.04. The maximum Gasteiger partial charge on any atom is 0.140 e. The van der Waals surface area contributed by atoms with Gasteiger partial charge in [-0.3, -0.25) is 0 Å². The molecule has 3 heteroatoms. The van der Waals surface area contributed by atoms with Crippen molar-refractivity contribution >= 4 is 10.8 Å². The number of allylic oxidation sites excluding steroid dienone is 1. The van der Waals surface area contributed by atoms with Crippen LogP contribution >= 0.6 is 0 Å². The predicted molar refractivity (Wildman–Crippen MR) is 67.0 cm³/mol. The second-order valence-electron chi connectivity index (χ2n) is 3.84. The Morgan fingerprint density at radius 1 is 1.18 bits per heavy atom. The van der Waals surface area contributed by atoms with Crippen molar-refractivity contribution in [2.75, 3.05) is 0 Å². The Balaban J connectivity index is 2.71. The van der Waals surface area contributed by atoms with Crippen molar-refractivity contribution in [3.05, 3.63) is 53.8 Å². The largest absolute Gasteiger partial charge is 0.510 e. The highest BCUT2D eigenvalue weighted by atomic mass is 16.3. The van der Waals surface area contributed by atoms with Gasteiger partial charge in [-0.15, -0.1) is 0 Å². The molecule has 0 saturated carbocycles. The zero-order valence-corrected chi connectivity index (χ0v) is 9.46. The van der Waals surface area contributed by atoms with Gasteiger partial charge in [0.05, 0.1) is 0 Å². The van der Waals surface area contributed by atoms with Crippen molar-refractivity contribution in [3.8, 4) is 5.75 Å². The summed E-state index contributed by atoms with van der Waals surface area (Å²) in [5, 5.41) is 31.0. The summed E-state index contributed by atoms with van der Waals surface area (Å²) < 4.78 is 0. The van der Waals surface area contributed by atoms with E-state index in [0.717, 1.165) is 10.8 Å². The summed E-state index contributed by atoms with van der Waals surface area (Å²) in [7, 11) is 0. The maximum absolute atomic E-state index is 9.99. The standard InChI is InChI=1S/C14H14O3/c1-2-11(15)14(17)13-10-6-4-3-5-9(10)7-8-12(13)16/h2-8,14-17H,1H3. The molecule has 1 unspecified atom stereocenters. The van der Waals surface area contributed by atoms with Gasteiger partial charge in [-0.1, -0.05) is 30.3 Å². The fraction of sp³-hybridized carbons (Fsp3) is 0.143. The minimum atomic E-state index is -1.20. The van der Waals surface area contributed by atoms with Crippen LogP contribution < -0.4 is 0 Å². The number of phenols is 1. The minimum Gasteiger partial charge on any atom is -0.510 e. The molecule has 0 heterocycles. The Labute approximate surface area is 99.3 Å². The normalized spacial score (nSPS) is 13.9. The second kappa shape index (κ2) is 4.47. The molecule has 2 rings (SSSR count). The molecule has 1 atom stereocenters. The monoisotopic (exact) mass is 230 g/mol. The first-order valence-electron chi connectivity index (χ1n) is 5.39. The summed E-state index contributed by atoms with van der Waals surface area (Å²) in [6, 6.07) is 10.7. The Kier molecular flexibility index (Phi) is 3.02. The molecule has 0 aliphatic rings. The number of hydrogen-bond donors (Lipinski definition) is 3. The van der Waals surface area contributed by atoms with Crippen LogP contribution in [0.25, 0.3) is 10.8 Å². The highest BCUT2D eigenvalue weighted by Crippen LogP contribution is 2.34. The topological polar surface area (TPSA) is 60.7 Å². The van der Waals surface area contributed by atoms with Crippen molar-refractivity contribution in [2.45, 2.75) is 13.0 Å². The van der Waals surface area contributed by atoms with Crippen molar-refractivity contribution in [2.24, 2.45) is 0 Å². The van der Waals surface area contributed by atoms with Gasteiger partial charge in [-0.05, 0) is 29.8 Å². The molecule has 3 nitrogen and oxygen atoms in total. The second-order valence-corrected chi connectivity index (χ2v) is 3.84. The lowest BCUT2D eigenvalue weighted by Gasteiger charge is -2.14. The Hall–Kier alpha value is -2.00. The van der Waals surface area contributed by atoms with Gasteiger partial charge in [0.2, 0.25) is 0 Å². The highest BCUT2D eigenvalue weighted by molar-refractivity contribution is 5.88. The van der Waals surface area contributed by atoms with E-state index in [-0.39, 0.29) is 11.5 Å². The third-order valence-corrected chi connectivity index (χ3v) is 2.80. The number of benzene rings is 2. The van der Waals surface area contributed by atoms with E-state index >= 15 is 0 Å². The van der Waals surface area contributed by atoms with Gasteiger partial charge in [0, 0.05) is 5.56 Å². The summed E-state index contributed by atoms with van der Waals surface area (Å²) >= 11 is 0. The zero-order valence-electron chi connectivity index (χ0n) is 9.46. The first-order chi connectivity index (χ1) is 8.15. The third kappa shape index (κ3) is 1.97. The van der Waals surface area contributed by atoms with Gasteiger partial charge in [0.1, 0.15) is 17.6 Å².